The van der Waals surface area contributed by atoms with Crippen LogP contribution in [-0.2, 0) is 6.54 Å². The molecule has 0 fully saturated rings. The molecular formula is C17H16ClN. The van der Waals surface area contributed by atoms with Crippen LogP contribution in [0.25, 0.3) is 10.8 Å². The zero-order valence-electron chi connectivity index (χ0n) is 10.9. The van der Waals surface area contributed by atoms with Crippen LogP contribution in [-0.4, -0.2) is 0 Å². The van der Waals surface area contributed by atoms with Gasteiger partial charge in [-0.15, -0.1) is 0 Å². The van der Waals surface area contributed by atoms with E-state index in [1.165, 1.54) is 21.9 Å². The lowest BCUT2D eigenvalue weighted by Crippen LogP contribution is -3.00. The molecule has 0 aliphatic heterocycles. The fourth-order valence-corrected chi connectivity index (χ4v) is 2.26. The average molecular weight is 270 g/mol. The highest BCUT2D eigenvalue weighted by Gasteiger charge is 2.05. The predicted octanol–water partition coefficient (Wildman–Crippen LogP) is 0.488. The zero-order chi connectivity index (χ0) is 12.4. The number of aromatic nitrogens is 1. The van der Waals surface area contributed by atoms with Gasteiger partial charge in [0.05, 0.1) is 0 Å². The van der Waals surface area contributed by atoms with E-state index in [0.29, 0.717) is 0 Å². The van der Waals surface area contributed by atoms with Gasteiger partial charge in [0.25, 0.3) is 0 Å². The molecule has 96 valence electrons. The number of halogens is 1. The number of fused-ring (bicyclic) bond motifs is 1. The summed E-state index contributed by atoms with van der Waals surface area (Å²) in [6.45, 7) is 3.03. The van der Waals surface area contributed by atoms with Crippen LogP contribution in [0.5, 0.6) is 0 Å². The van der Waals surface area contributed by atoms with Crippen LogP contribution < -0.4 is 17.0 Å². The summed E-state index contributed by atoms with van der Waals surface area (Å²) in [6.07, 6.45) is 4.27. The molecule has 0 saturated heterocycles. The molecule has 1 aromatic heterocycles. The number of aryl methyl sites for hydroxylation is 1. The first-order valence-electron chi connectivity index (χ1n) is 6.25. The van der Waals surface area contributed by atoms with E-state index in [-0.39, 0.29) is 12.4 Å². The summed E-state index contributed by atoms with van der Waals surface area (Å²) in [7, 11) is 0. The number of benzene rings is 2. The largest absolute Gasteiger partial charge is 1.00 e. The molecule has 0 N–H and O–H groups in total. The van der Waals surface area contributed by atoms with Gasteiger partial charge >= 0.3 is 0 Å². The van der Waals surface area contributed by atoms with Gasteiger partial charge in [-0.25, -0.2) is 4.57 Å². The van der Waals surface area contributed by atoms with E-state index in [1.807, 2.05) is 0 Å². The Hall–Kier alpha value is -1.86. The monoisotopic (exact) mass is 269 g/mol. The fourth-order valence-electron chi connectivity index (χ4n) is 2.26. The number of pyridine rings is 1. The molecule has 0 aliphatic carbocycles. The van der Waals surface area contributed by atoms with Gasteiger partial charge in [-0.3, -0.25) is 0 Å². The van der Waals surface area contributed by atoms with E-state index in [2.05, 4.69) is 78.5 Å². The Morgan fingerprint density at radius 2 is 1.53 bits per heavy atom. The molecule has 1 nitrogen and oxygen atoms in total. The van der Waals surface area contributed by atoms with Gasteiger partial charge in [0.15, 0.2) is 18.9 Å². The second kappa shape index (κ2) is 5.85. The Bertz CT molecular complexity index is 669. The summed E-state index contributed by atoms with van der Waals surface area (Å²) >= 11 is 0. The van der Waals surface area contributed by atoms with Gasteiger partial charge in [0.2, 0.25) is 0 Å². The molecule has 0 radical (unpaired) electrons. The lowest BCUT2D eigenvalue weighted by molar-refractivity contribution is -0.688. The molecule has 0 aliphatic rings. The second-order valence-electron chi connectivity index (χ2n) is 4.69. The molecule has 0 spiro atoms. The van der Waals surface area contributed by atoms with Gasteiger partial charge in [-0.05, 0) is 23.3 Å². The van der Waals surface area contributed by atoms with Gasteiger partial charge in [-0.1, -0.05) is 42.5 Å². The first-order chi connectivity index (χ1) is 8.83. The second-order valence-corrected chi connectivity index (χ2v) is 4.69. The third kappa shape index (κ3) is 2.94. The molecule has 0 saturated carbocycles. The molecule has 3 aromatic rings. The highest BCUT2D eigenvalue weighted by Crippen LogP contribution is 2.17. The van der Waals surface area contributed by atoms with Crippen molar-refractivity contribution < 1.29 is 17.0 Å². The van der Waals surface area contributed by atoms with E-state index < -0.39 is 0 Å². The normalized spacial score (nSPS) is 10.2. The molecule has 1 heterocycles. The van der Waals surface area contributed by atoms with Crippen molar-refractivity contribution in [2.45, 2.75) is 13.5 Å². The SMILES string of the molecule is Cc1cc[n+](Cc2cccc3ccccc23)cc1.[Cl-]. The summed E-state index contributed by atoms with van der Waals surface area (Å²) < 4.78 is 2.22. The Labute approximate surface area is 119 Å². The van der Waals surface area contributed by atoms with Crippen LogP contribution in [0.15, 0.2) is 67.0 Å². The van der Waals surface area contributed by atoms with Crippen LogP contribution >= 0.6 is 0 Å². The molecular weight excluding hydrogens is 254 g/mol. The van der Waals surface area contributed by atoms with Gasteiger partial charge in [0.1, 0.15) is 0 Å². The van der Waals surface area contributed by atoms with Crippen molar-refractivity contribution in [2.24, 2.45) is 0 Å². The van der Waals surface area contributed by atoms with Gasteiger partial charge in [0, 0.05) is 17.7 Å². The molecule has 19 heavy (non-hydrogen) atoms. The topological polar surface area (TPSA) is 3.88 Å². The number of hydrogen-bond donors (Lipinski definition) is 0. The maximum atomic E-state index is 2.22. The summed E-state index contributed by atoms with van der Waals surface area (Å²) in [5.74, 6) is 0. The minimum Gasteiger partial charge on any atom is -1.00 e. The summed E-state index contributed by atoms with van der Waals surface area (Å²) in [5.41, 5.74) is 2.66. The maximum absolute atomic E-state index is 2.22. The van der Waals surface area contributed by atoms with Crippen molar-refractivity contribution in [3.8, 4) is 0 Å². The minimum atomic E-state index is 0. The van der Waals surface area contributed by atoms with Crippen molar-refractivity contribution in [1.82, 2.24) is 0 Å². The van der Waals surface area contributed by atoms with Crippen LogP contribution in [0.4, 0.5) is 0 Å². The minimum absolute atomic E-state index is 0. The Balaban J connectivity index is 0.00000133. The lowest BCUT2D eigenvalue weighted by atomic mass is 10.0. The number of hydrogen-bond acceptors (Lipinski definition) is 0. The van der Waals surface area contributed by atoms with E-state index in [0.717, 1.165) is 6.54 Å². The van der Waals surface area contributed by atoms with Gasteiger partial charge < -0.3 is 12.4 Å². The molecule has 0 atom stereocenters. The maximum Gasteiger partial charge on any atom is 0.174 e. The fraction of sp³-hybridized carbons (Fsp3) is 0.118. The summed E-state index contributed by atoms with van der Waals surface area (Å²) in [5, 5.41) is 2.65. The van der Waals surface area contributed by atoms with E-state index in [9.17, 15) is 0 Å². The first kappa shape index (κ1) is 13.6. The molecule has 0 bridgehead atoms. The third-order valence-corrected chi connectivity index (χ3v) is 3.29. The van der Waals surface area contributed by atoms with E-state index >= 15 is 0 Å². The lowest BCUT2D eigenvalue weighted by Gasteiger charge is -2.03. The van der Waals surface area contributed by atoms with Gasteiger partial charge in [-0.2, -0.15) is 0 Å². The molecule has 2 aromatic carbocycles. The third-order valence-electron chi connectivity index (χ3n) is 3.29. The van der Waals surface area contributed by atoms with E-state index in [1.54, 1.807) is 0 Å². The van der Waals surface area contributed by atoms with Crippen LogP contribution in [0, 0.1) is 6.92 Å². The van der Waals surface area contributed by atoms with Crippen molar-refractivity contribution in [2.75, 3.05) is 0 Å². The smallest absolute Gasteiger partial charge is 0.174 e. The average Bonchev–Trinajstić information content (AvgIpc) is 2.42. The standard InChI is InChI=1S/C17H16N.ClH/c1-14-9-11-18(12-10-14)13-16-7-4-6-15-5-2-3-8-17(15)16;/h2-12H,13H2,1H3;1H/q+1;/p-1. The molecule has 3 rings (SSSR count). The van der Waals surface area contributed by atoms with Crippen LogP contribution in [0.3, 0.4) is 0 Å². The highest BCUT2D eigenvalue weighted by molar-refractivity contribution is 5.85. The molecule has 0 amide bonds. The quantitative estimate of drug-likeness (QED) is 0.596. The van der Waals surface area contributed by atoms with E-state index in [4.69, 9.17) is 0 Å². The summed E-state index contributed by atoms with van der Waals surface area (Å²) in [6, 6.07) is 19.3. The zero-order valence-corrected chi connectivity index (χ0v) is 11.6. The van der Waals surface area contributed by atoms with Crippen molar-refractivity contribution in [3.05, 3.63) is 78.1 Å². The Kier molecular flexibility index (Phi) is 4.18. The molecule has 0 unspecified atom stereocenters. The highest BCUT2D eigenvalue weighted by atomic mass is 35.5. The van der Waals surface area contributed by atoms with Crippen LogP contribution in [0.2, 0.25) is 0 Å². The number of rotatable bonds is 2. The summed E-state index contributed by atoms with van der Waals surface area (Å²) in [4.78, 5) is 0. The molecule has 2 heteroatoms. The first-order valence-corrected chi connectivity index (χ1v) is 6.25. The van der Waals surface area contributed by atoms with Crippen molar-refractivity contribution in [1.29, 1.82) is 0 Å². The van der Waals surface area contributed by atoms with Crippen molar-refractivity contribution in [3.63, 3.8) is 0 Å². The Morgan fingerprint density at radius 1 is 0.842 bits per heavy atom. The predicted molar refractivity (Wildman–Crippen MR) is 74.4 cm³/mol. The van der Waals surface area contributed by atoms with Crippen LogP contribution in [0.1, 0.15) is 11.1 Å². The number of nitrogens with zero attached hydrogens (tertiary/aromatic N) is 1. The van der Waals surface area contributed by atoms with Crippen molar-refractivity contribution >= 4 is 10.8 Å². The Morgan fingerprint density at radius 3 is 2.32 bits per heavy atom.